The van der Waals surface area contributed by atoms with E-state index in [1.54, 1.807) is 0 Å². The van der Waals surface area contributed by atoms with Crippen molar-refractivity contribution in [3.63, 3.8) is 0 Å². The summed E-state index contributed by atoms with van der Waals surface area (Å²) in [5, 5.41) is 11.4. The van der Waals surface area contributed by atoms with E-state index in [4.69, 9.17) is 9.97 Å². The quantitative estimate of drug-likeness (QED) is 0.232. The van der Waals surface area contributed by atoms with Crippen LogP contribution >= 0.6 is 0 Å². The van der Waals surface area contributed by atoms with Gasteiger partial charge in [-0.05, 0) is 74.4 Å². The van der Waals surface area contributed by atoms with E-state index in [9.17, 15) is 4.79 Å². The van der Waals surface area contributed by atoms with Crippen LogP contribution in [0.3, 0.4) is 0 Å². The summed E-state index contributed by atoms with van der Waals surface area (Å²) in [5.74, 6) is 2.23. The van der Waals surface area contributed by atoms with E-state index in [0.717, 1.165) is 65.6 Å². The Labute approximate surface area is 237 Å². The molecule has 1 fully saturated rings. The van der Waals surface area contributed by atoms with Gasteiger partial charge in [-0.1, -0.05) is 60.7 Å². The zero-order valence-corrected chi connectivity index (χ0v) is 23.7. The first kappa shape index (κ1) is 27.6. The monoisotopic (exact) mass is 536 g/mol. The predicted molar refractivity (Wildman–Crippen MR) is 164 cm³/mol. The van der Waals surface area contributed by atoms with Crippen LogP contribution in [0.15, 0.2) is 78.9 Å². The zero-order valence-electron chi connectivity index (χ0n) is 23.7. The molecular weight excluding hydrogens is 496 g/mol. The molecule has 1 aliphatic rings. The summed E-state index contributed by atoms with van der Waals surface area (Å²) in [5.41, 5.74) is 3.82. The standard InChI is InChI=1S/C33H40N6O/c1-23(25-11-5-4-6-12-25)35-32(40)28-14-8-7-13-26(28)22-34-21-24-17-19-27(20-18-24)36-33-37-30-16-10-9-15-29(30)31(38-33)39(2)3/h4-16,23-24,27,34H,17-22H2,1-3H3,(H,35,40)(H,36,37,38)/t23-,24-,27+/m0/s1. The Kier molecular flexibility index (Phi) is 8.91. The number of nitrogens with one attached hydrogen (secondary N) is 3. The number of carbonyl (C=O) groups is 1. The van der Waals surface area contributed by atoms with Gasteiger partial charge in [0, 0.05) is 37.6 Å². The molecular formula is C33H40N6O. The fraction of sp³-hybridized carbons (Fsp3) is 0.364. The van der Waals surface area contributed by atoms with E-state index < -0.39 is 0 Å². The second kappa shape index (κ2) is 12.9. The molecule has 3 aromatic carbocycles. The van der Waals surface area contributed by atoms with Crippen molar-refractivity contribution in [3.8, 4) is 0 Å². The van der Waals surface area contributed by atoms with Gasteiger partial charge in [-0.2, -0.15) is 4.98 Å². The molecule has 0 aliphatic heterocycles. The highest BCUT2D eigenvalue weighted by Gasteiger charge is 2.22. The Bertz CT molecular complexity index is 1420. The van der Waals surface area contributed by atoms with E-state index >= 15 is 0 Å². The second-order valence-corrected chi connectivity index (χ2v) is 11.0. The van der Waals surface area contributed by atoms with Gasteiger partial charge in [0.25, 0.3) is 5.91 Å². The third-order valence-electron chi connectivity index (χ3n) is 7.84. The molecule has 3 N–H and O–H groups in total. The summed E-state index contributed by atoms with van der Waals surface area (Å²) in [6.45, 7) is 3.65. The molecule has 1 atom stereocenters. The lowest BCUT2D eigenvalue weighted by atomic mass is 9.86. The SMILES string of the molecule is C[C@H](NC(=O)c1ccccc1CNC[C@H]1CC[C@@H](Nc2nc(N(C)C)c3ccccc3n2)CC1)c1ccccc1. The lowest BCUT2D eigenvalue weighted by molar-refractivity contribution is 0.0938. The molecule has 0 saturated heterocycles. The average molecular weight is 537 g/mol. The van der Waals surface area contributed by atoms with Gasteiger partial charge in [-0.15, -0.1) is 0 Å². The van der Waals surface area contributed by atoms with Crippen LogP contribution in [0.25, 0.3) is 10.9 Å². The molecule has 4 aromatic rings. The number of fused-ring (bicyclic) bond motifs is 1. The third kappa shape index (κ3) is 6.77. The first-order valence-electron chi connectivity index (χ1n) is 14.3. The number of nitrogens with zero attached hydrogens (tertiary/aromatic N) is 3. The minimum atomic E-state index is -0.0482. The van der Waals surface area contributed by atoms with E-state index in [1.165, 1.54) is 0 Å². The predicted octanol–water partition coefficient (Wildman–Crippen LogP) is 5.95. The topological polar surface area (TPSA) is 82.2 Å². The summed E-state index contributed by atoms with van der Waals surface area (Å²) >= 11 is 0. The van der Waals surface area contributed by atoms with Crippen LogP contribution in [0.5, 0.6) is 0 Å². The van der Waals surface area contributed by atoms with E-state index in [-0.39, 0.29) is 11.9 Å². The van der Waals surface area contributed by atoms with Crippen molar-refractivity contribution in [2.45, 2.75) is 51.2 Å². The third-order valence-corrected chi connectivity index (χ3v) is 7.84. The average Bonchev–Trinajstić information content (AvgIpc) is 2.98. The van der Waals surface area contributed by atoms with Crippen LogP contribution in [0, 0.1) is 5.92 Å². The molecule has 1 aromatic heterocycles. The Morgan fingerprint density at radius 3 is 2.38 bits per heavy atom. The Morgan fingerprint density at radius 2 is 1.60 bits per heavy atom. The van der Waals surface area contributed by atoms with Crippen molar-refractivity contribution in [2.24, 2.45) is 5.92 Å². The molecule has 40 heavy (non-hydrogen) atoms. The number of amides is 1. The normalized spacial score (nSPS) is 17.8. The summed E-state index contributed by atoms with van der Waals surface area (Å²) in [4.78, 5) is 24.7. The summed E-state index contributed by atoms with van der Waals surface area (Å²) in [6, 6.07) is 26.5. The molecule has 0 bridgehead atoms. The summed E-state index contributed by atoms with van der Waals surface area (Å²) in [7, 11) is 4.04. The number of hydrogen-bond donors (Lipinski definition) is 3. The fourth-order valence-corrected chi connectivity index (χ4v) is 5.57. The van der Waals surface area contributed by atoms with Crippen LogP contribution in [-0.4, -0.2) is 42.6 Å². The van der Waals surface area contributed by atoms with Crippen molar-refractivity contribution in [3.05, 3.63) is 95.6 Å². The van der Waals surface area contributed by atoms with Gasteiger partial charge in [0.15, 0.2) is 0 Å². The molecule has 1 heterocycles. The van der Waals surface area contributed by atoms with Crippen LogP contribution in [-0.2, 0) is 6.54 Å². The Hall–Kier alpha value is -3.97. The van der Waals surface area contributed by atoms with Crippen molar-refractivity contribution >= 4 is 28.6 Å². The first-order chi connectivity index (χ1) is 19.5. The molecule has 208 valence electrons. The van der Waals surface area contributed by atoms with Gasteiger partial charge in [0.05, 0.1) is 11.6 Å². The van der Waals surface area contributed by atoms with Gasteiger partial charge < -0.3 is 20.9 Å². The smallest absolute Gasteiger partial charge is 0.252 e. The van der Waals surface area contributed by atoms with Crippen LogP contribution in [0.4, 0.5) is 11.8 Å². The molecule has 0 spiro atoms. The largest absolute Gasteiger partial charge is 0.362 e. The fourth-order valence-electron chi connectivity index (χ4n) is 5.57. The Morgan fingerprint density at radius 1 is 0.900 bits per heavy atom. The van der Waals surface area contributed by atoms with Crippen molar-refractivity contribution in [2.75, 3.05) is 30.9 Å². The molecule has 7 nitrogen and oxygen atoms in total. The van der Waals surface area contributed by atoms with Gasteiger partial charge in [-0.3, -0.25) is 4.79 Å². The number of aromatic nitrogens is 2. The van der Waals surface area contributed by atoms with Gasteiger partial charge >= 0.3 is 0 Å². The summed E-state index contributed by atoms with van der Waals surface area (Å²) < 4.78 is 0. The molecule has 0 radical (unpaired) electrons. The number of anilines is 2. The zero-order chi connectivity index (χ0) is 27.9. The number of para-hydroxylation sites is 1. The second-order valence-electron chi connectivity index (χ2n) is 11.0. The molecule has 1 aliphatic carbocycles. The van der Waals surface area contributed by atoms with Crippen molar-refractivity contribution in [1.29, 1.82) is 0 Å². The maximum atomic E-state index is 13.1. The lowest BCUT2D eigenvalue weighted by Gasteiger charge is -2.29. The molecule has 0 unspecified atom stereocenters. The van der Waals surface area contributed by atoms with E-state index in [1.807, 2.05) is 98.7 Å². The highest BCUT2D eigenvalue weighted by Crippen LogP contribution is 2.28. The van der Waals surface area contributed by atoms with Gasteiger partial charge in [-0.25, -0.2) is 4.98 Å². The number of rotatable bonds is 10. The minimum Gasteiger partial charge on any atom is -0.362 e. The summed E-state index contributed by atoms with van der Waals surface area (Å²) in [6.07, 6.45) is 4.48. The number of benzene rings is 3. The lowest BCUT2D eigenvalue weighted by Crippen LogP contribution is -2.32. The Balaban J connectivity index is 1.11. The van der Waals surface area contributed by atoms with E-state index in [2.05, 4.69) is 22.0 Å². The number of hydrogen-bond acceptors (Lipinski definition) is 6. The molecule has 1 amide bonds. The van der Waals surface area contributed by atoms with Crippen LogP contribution < -0.4 is 20.9 Å². The first-order valence-corrected chi connectivity index (χ1v) is 14.3. The maximum absolute atomic E-state index is 13.1. The van der Waals surface area contributed by atoms with Gasteiger partial charge in [0.2, 0.25) is 5.95 Å². The number of carbonyl (C=O) groups excluding carboxylic acids is 1. The molecule has 5 rings (SSSR count). The van der Waals surface area contributed by atoms with Crippen LogP contribution in [0.2, 0.25) is 0 Å². The maximum Gasteiger partial charge on any atom is 0.252 e. The van der Waals surface area contributed by atoms with Gasteiger partial charge in [0.1, 0.15) is 5.82 Å². The van der Waals surface area contributed by atoms with Crippen LogP contribution in [0.1, 0.15) is 60.1 Å². The molecule has 1 saturated carbocycles. The highest BCUT2D eigenvalue weighted by molar-refractivity contribution is 5.96. The van der Waals surface area contributed by atoms with Crippen molar-refractivity contribution < 1.29 is 4.79 Å². The van der Waals surface area contributed by atoms with E-state index in [0.29, 0.717) is 24.5 Å². The minimum absolute atomic E-state index is 0.0336. The van der Waals surface area contributed by atoms with Crippen molar-refractivity contribution in [1.82, 2.24) is 20.6 Å². The molecule has 7 heteroatoms. The highest BCUT2D eigenvalue weighted by atomic mass is 16.1.